The van der Waals surface area contributed by atoms with E-state index in [1.54, 1.807) is 13.2 Å². The van der Waals surface area contributed by atoms with Gasteiger partial charge in [-0.05, 0) is 23.8 Å². The molecule has 1 aromatic carbocycles. The molecule has 0 aromatic heterocycles. The second-order valence-corrected chi connectivity index (χ2v) is 3.65. The van der Waals surface area contributed by atoms with Crippen LogP contribution in [0, 0.1) is 0 Å². The lowest BCUT2D eigenvalue weighted by Gasteiger charge is -2.00. The highest BCUT2D eigenvalue weighted by molar-refractivity contribution is 6.38. The maximum Gasteiger partial charge on any atom is 0.367 e. The van der Waals surface area contributed by atoms with Crippen molar-refractivity contribution < 1.29 is 14.4 Å². The molecule has 0 aliphatic carbocycles. The van der Waals surface area contributed by atoms with Gasteiger partial charge in [0.25, 0.3) is 0 Å². The largest absolute Gasteiger partial charge is 0.497 e. The third-order valence-electron chi connectivity index (χ3n) is 2.32. The number of benzene rings is 1. The van der Waals surface area contributed by atoms with E-state index in [0.717, 1.165) is 11.3 Å². The summed E-state index contributed by atoms with van der Waals surface area (Å²) in [6.07, 6.45) is 1.69. The smallest absolute Gasteiger partial charge is 0.367 e. The molecule has 0 atom stereocenters. The molecule has 88 valence electrons. The van der Waals surface area contributed by atoms with Gasteiger partial charge in [0.05, 0.1) is 18.6 Å². The molecule has 0 radical (unpaired) electrons. The molecule has 1 heterocycles. The zero-order chi connectivity index (χ0) is 12.3. The Morgan fingerprint density at radius 3 is 2.71 bits per heavy atom. The van der Waals surface area contributed by atoms with E-state index in [2.05, 4.69) is 9.99 Å². The molecule has 1 aliphatic rings. The van der Waals surface area contributed by atoms with Crippen molar-refractivity contribution in [2.24, 2.45) is 5.16 Å². The number of carbonyl (C=O) groups excluding carboxylic acids is 1. The van der Waals surface area contributed by atoms with Gasteiger partial charge in [-0.15, -0.1) is 11.6 Å². The summed E-state index contributed by atoms with van der Waals surface area (Å²) in [5, 5.41) is 3.59. The number of methoxy groups -OCH3 is 1. The first-order valence-corrected chi connectivity index (χ1v) is 5.48. The van der Waals surface area contributed by atoms with Crippen molar-refractivity contribution in [3.63, 3.8) is 0 Å². The summed E-state index contributed by atoms with van der Waals surface area (Å²) in [7, 11) is 1.60. The first kappa shape index (κ1) is 11.7. The summed E-state index contributed by atoms with van der Waals surface area (Å²) in [5.74, 6) is 0.428. The van der Waals surface area contributed by atoms with Gasteiger partial charge in [0.2, 0.25) is 0 Å². The van der Waals surface area contributed by atoms with E-state index in [1.165, 1.54) is 0 Å². The lowest BCUT2D eigenvalue weighted by molar-refractivity contribution is -0.136. The Kier molecular flexibility index (Phi) is 3.44. The predicted octanol–water partition coefficient (Wildman–Crippen LogP) is 2.23. The lowest BCUT2D eigenvalue weighted by Crippen LogP contribution is -2.06. The number of nitrogens with zero attached hydrogens (tertiary/aromatic N) is 1. The van der Waals surface area contributed by atoms with Gasteiger partial charge in [0, 0.05) is 0 Å². The van der Waals surface area contributed by atoms with Gasteiger partial charge in [-0.25, -0.2) is 4.79 Å². The van der Waals surface area contributed by atoms with Crippen LogP contribution in [0.25, 0.3) is 6.08 Å². The van der Waals surface area contributed by atoms with Gasteiger partial charge >= 0.3 is 5.97 Å². The van der Waals surface area contributed by atoms with Crippen LogP contribution in [0.3, 0.4) is 0 Å². The van der Waals surface area contributed by atoms with Gasteiger partial charge in [-0.3, -0.25) is 0 Å². The average molecular weight is 252 g/mol. The molecular formula is C12H10ClNO3. The Bertz CT molecular complexity index is 491. The Hall–Kier alpha value is -1.81. The van der Waals surface area contributed by atoms with Crippen LogP contribution >= 0.6 is 11.6 Å². The fraction of sp³-hybridized carbons (Fsp3) is 0.167. The molecule has 0 bridgehead atoms. The van der Waals surface area contributed by atoms with Gasteiger partial charge in [-0.1, -0.05) is 17.3 Å². The zero-order valence-corrected chi connectivity index (χ0v) is 9.90. The van der Waals surface area contributed by atoms with Gasteiger partial charge in [-0.2, -0.15) is 0 Å². The number of carbonyl (C=O) groups is 1. The number of ether oxygens (including phenoxy) is 1. The van der Waals surface area contributed by atoms with Gasteiger partial charge in [0.1, 0.15) is 11.5 Å². The number of alkyl halides is 1. The quantitative estimate of drug-likeness (QED) is 0.470. The summed E-state index contributed by atoms with van der Waals surface area (Å²) in [6, 6.07) is 7.29. The lowest BCUT2D eigenvalue weighted by atomic mass is 10.1. The van der Waals surface area contributed by atoms with Crippen molar-refractivity contribution in [2.75, 3.05) is 13.0 Å². The van der Waals surface area contributed by atoms with Crippen molar-refractivity contribution in [1.82, 2.24) is 0 Å². The predicted molar refractivity (Wildman–Crippen MR) is 65.2 cm³/mol. The van der Waals surface area contributed by atoms with E-state index >= 15 is 0 Å². The molecule has 0 spiro atoms. The molecule has 0 fully saturated rings. The van der Waals surface area contributed by atoms with Crippen LogP contribution < -0.4 is 4.74 Å². The summed E-state index contributed by atoms with van der Waals surface area (Å²) < 4.78 is 5.05. The number of rotatable bonds is 3. The van der Waals surface area contributed by atoms with Crippen molar-refractivity contribution in [3.8, 4) is 5.75 Å². The highest BCUT2D eigenvalue weighted by Crippen LogP contribution is 2.18. The standard InChI is InChI=1S/C12H10ClNO3/c1-16-9-4-2-8(3-5-9)6-10-11(7-13)14-17-12(10)15/h2-6H,7H2,1H3. The second kappa shape index (κ2) is 5.01. The van der Waals surface area contributed by atoms with E-state index in [1.807, 2.05) is 24.3 Å². The van der Waals surface area contributed by atoms with Crippen LogP contribution in [0.1, 0.15) is 5.56 Å². The van der Waals surface area contributed by atoms with Crippen molar-refractivity contribution in [3.05, 3.63) is 35.4 Å². The Morgan fingerprint density at radius 1 is 1.41 bits per heavy atom. The van der Waals surface area contributed by atoms with E-state index in [-0.39, 0.29) is 5.88 Å². The monoisotopic (exact) mass is 251 g/mol. The molecular weight excluding hydrogens is 242 g/mol. The molecule has 0 saturated carbocycles. The zero-order valence-electron chi connectivity index (χ0n) is 9.14. The van der Waals surface area contributed by atoms with E-state index < -0.39 is 5.97 Å². The van der Waals surface area contributed by atoms with Crippen LogP contribution in [-0.4, -0.2) is 24.7 Å². The number of hydrogen-bond donors (Lipinski definition) is 0. The number of halogens is 1. The minimum absolute atomic E-state index is 0.147. The summed E-state index contributed by atoms with van der Waals surface area (Å²) in [5.41, 5.74) is 1.70. The van der Waals surface area contributed by atoms with Crippen LogP contribution in [0.5, 0.6) is 5.75 Å². The molecule has 2 rings (SSSR count). The summed E-state index contributed by atoms with van der Waals surface area (Å²) in [6.45, 7) is 0. The minimum Gasteiger partial charge on any atom is -0.497 e. The fourth-order valence-corrected chi connectivity index (χ4v) is 1.61. The molecule has 0 unspecified atom stereocenters. The SMILES string of the molecule is COc1ccc(C=C2C(=O)ON=C2CCl)cc1. The molecule has 0 saturated heterocycles. The molecule has 0 amide bonds. The van der Waals surface area contributed by atoms with Gasteiger partial charge < -0.3 is 9.57 Å². The number of hydrogen-bond acceptors (Lipinski definition) is 4. The molecule has 1 aromatic rings. The third-order valence-corrected chi connectivity index (χ3v) is 2.58. The fourth-order valence-electron chi connectivity index (χ4n) is 1.42. The highest BCUT2D eigenvalue weighted by atomic mass is 35.5. The topological polar surface area (TPSA) is 47.9 Å². The highest BCUT2D eigenvalue weighted by Gasteiger charge is 2.24. The van der Waals surface area contributed by atoms with Crippen molar-refractivity contribution >= 4 is 29.4 Å². The van der Waals surface area contributed by atoms with E-state index in [4.69, 9.17) is 16.3 Å². The molecule has 0 N–H and O–H groups in total. The number of oxime groups is 1. The molecule has 1 aliphatic heterocycles. The normalized spacial score (nSPS) is 16.9. The Balaban J connectivity index is 2.28. The second-order valence-electron chi connectivity index (χ2n) is 3.38. The van der Waals surface area contributed by atoms with Crippen molar-refractivity contribution in [1.29, 1.82) is 0 Å². The first-order chi connectivity index (χ1) is 8.24. The Morgan fingerprint density at radius 2 is 2.12 bits per heavy atom. The summed E-state index contributed by atoms with van der Waals surface area (Å²) in [4.78, 5) is 15.9. The molecule has 17 heavy (non-hydrogen) atoms. The maximum atomic E-state index is 11.4. The average Bonchev–Trinajstić information content (AvgIpc) is 2.71. The maximum absolute atomic E-state index is 11.4. The molecule has 4 nitrogen and oxygen atoms in total. The van der Waals surface area contributed by atoms with E-state index in [9.17, 15) is 4.79 Å². The first-order valence-electron chi connectivity index (χ1n) is 4.95. The van der Waals surface area contributed by atoms with Crippen molar-refractivity contribution in [2.45, 2.75) is 0 Å². The van der Waals surface area contributed by atoms with Gasteiger partial charge in [0.15, 0.2) is 0 Å². The minimum atomic E-state index is -0.475. The van der Waals surface area contributed by atoms with Crippen LogP contribution in [-0.2, 0) is 9.63 Å². The van der Waals surface area contributed by atoms with Crippen LogP contribution in [0.4, 0.5) is 0 Å². The van der Waals surface area contributed by atoms with Crippen LogP contribution in [0.15, 0.2) is 35.0 Å². The third kappa shape index (κ3) is 2.47. The van der Waals surface area contributed by atoms with E-state index in [0.29, 0.717) is 11.3 Å². The summed E-state index contributed by atoms with van der Waals surface area (Å²) >= 11 is 5.66. The van der Waals surface area contributed by atoms with Crippen LogP contribution in [0.2, 0.25) is 0 Å². The molecule has 5 heteroatoms. The Labute approximate surface area is 103 Å².